The summed E-state index contributed by atoms with van der Waals surface area (Å²) in [5, 5.41) is 9.46. The van der Waals surface area contributed by atoms with Gasteiger partial charge in [0.15, 0.2) is 0 Å². The standard InChI is InChI=1S/C10H19NO2/c1-8(2)6-9(12)11(5)7-10(3,4)13/h6,13H,7H2,1-5H3. The number of likely N-dealkylation sites (N-methyl/N-ethyl adjacent to an activating group) is 1. The molecular weight excluding hydrogens is 166 g/mol. The van der Waals surface area contributed by atoms with Crippen LogP contribution in [0.3, 0.4) is 0 Å². The molecule has 0 aromatic heterocycles. The predicted molar refractivity (Wildman–Crippen MR) is 53.4 cm³/mol. The third-order valence-corrected chi connectivity index (χ3v) is 1.41. The van der Waals surface area contributed by atoms with Crippen LogP contribution in [0.2, 0.25) is 0 Å². The molecule has 1 N–H and O–H groups in total. The average molecular weight is 185 g/mol. The van der Waals surface area contributed by atoms with Gasteiger partial charge in [-0.2, -0.15) is 0 Å². The predicted octanol–water partition coefficient (Wildman–Crippen LogP) is 1.18. The fourth-order valence-corrected chi connectivity index (χ4v) is 1.02. The van der Waals surface area contributed by atoms with Gasteiger partial charge in [0.1, 0.15) is 0 Å². The Morgan fingerprint density at radius 1 is 1.46 bits per heavy atom. The van der Waals surface area contributed by atoms with Crippen LogP contribution in [0.5, 0.6) is 0 Å². The molecule has 0 saturated carbocycles. The zero-order valence-electron chi connectivity index (χ0n) is 9.09. The molecule has 0 atom stereocenters. The molecule has 1 amide bonds. The minimum Gasteiger partial charge on any atom is -0.389 e. The molecule has 76 valence electrons. The van der Waals surface area contributed by atoms with Crippen molar-refractivity contribution in [3.63, 3.8) is 0 Å². The van der Waals surface area contributed by atoms with Crippen LogP contribution in [-0.2, 0) is 4.79 Å². The van der Waals surface area contributed by atoms with Crippen molar-refractivity contribution < 1.29 is 9.90 Å². The normalized spacial score (nSPS) is 10.9. The van der Waals surface area contributed by atoms with Crippen LogP contribution in [0.4, 0.5) is 0 Å². The van der Waals surface area contributed by atoms with Gasteiger partial charge in [0.2, 0.25) is 5.91 Å². The smallest absolute Gasteiger partial charge is 0.246 e. The summed E-state index contributed by atoms with van der Waals surface area (Å²) < 4.78 is 0. The van der Waals surface area contributed by atoms with E-state index in [4.69, 9.17) is 0 Å². The first-order chi connectivity index (χ1) is 5.72. The molecule has 0 radical (unpaired) electrons. The van der Waals surface area contributed by atoms with Crippen molar-refractivity contribution in [1.82, 2.24) is 4.90 Å². The van der Waals surface area contributed by atoms with Crippen LogP contribution in [-0.4, -0.2) is 35.1 Å². The first kappa shape index (κ1) is 12.2. The second kappa shape index (κ2) is 4.42. The van der Waals surface area contributed by atoms with E-state index in [9.17, 15) is 9.90 Å². The lowest BCUT2D eigenvalue weighted by atomic mass is 10.1. The third-order valence-electron chi connectivity index (χ3n) is 1.41. The van der Waals surface area contributed by atoms with Crippen molar-refractivity contribution in [2.24, 2.45) is 0 Å². The highest BCUT2D eigenvalue weighted by molar-refractivity contribution is 5.87. The van der Waals surface area contributed by atoms with Gasteiger partial charge in [0.05, 0.1) is 5.60 Å². The Kier molecular flexibility index (Phi) is 4.14. The highest BCUT2D eigenvalue weighted by atomic mass is 16.3. The van der Waals surface area contributed by atoms with Gasteiger partial charge in [-0.15, -0.1) is 0 Å². The largest absolute Gasteiger partial charge is 0.389 e. The minimum absolute atomic E-state index is 0.0675. The van der Waals surface area contributed by atoms with Crippen molar-refractivity contribution in [2.45, 2.75) is 33.3 Å². The Morgan fingerprint density at radius 3 is 2.23 bits per heavy atom. The maximum atomic E-state index is 11.4. The number of carbonyl (C=O) groups excluding carboxylic acids is 1. The molecule has 0 heterocycles. The van der Waals surface area contributed by atoms with Gasteiger partial charge in [-0.1, -0.05) is 5.57 Å². The van der Waals surface area contributed by atoms with E-state index in [1.807, 2.05) is 13.8 Å². The van der Waals surface area contributed by atoms with Crippen molar-refractivity contribution in [1.29, 1.82) is 0 Å². The Balaban J connectivity index is 4.21. The van der Waals surface area contributed by atoms with Crippen LogP contribution < -0.4 is 0 Å². The number of allylic oxidation sites excluding steroid dienone is 1. The van der Waals surface area contributed by atoms with Gasteiger partial charge in [0, 0.05) is 19.7 Å². The molecule has 0 aliphatic heterocycles. The van der Waals surface area contributed by atoms with Crippen LogP contribution in [0, 0.1) is 0 Å². The SMILES string of the molecule is CC(C)=CC(=O)N(C)CC(C)(C)O. The molecule has 0 bridgehead atoms. The van der Waals surface area contributed by atoms with Crippen LogP contribution in [0.1, 0.15) is 27.7 Å². The van der Waals surface area contributed by atoms with Gasteiger partial charge in [0.25, 0.3) is 0 Å². The van der Waals surface area contributed by atoms with Crippen molar-refractivity contribution in [3.8, 4) is 0 Å². The lowest BCUT2D eigenvalue weighted by Crippen LogP contribution is -2.39. The van der Waals surface area contributed by atoms with E-state index in [1.165, 1.54) is 4.90 Å². The van der Waals surface area contributed by atoms with Gasteiger partial charge in [-0.05, 0) is 27.7 Å². The number of rotatable bonds is 3. The molecule has 0 rings (SSSR count). The molecule has 13 heavy (non-hydrogen) atoms. The van der Waals surface area contributed by atoms with Crippen LogP contribution >= 0.6 is 0 Å². The average Bonchev–Trinajstić information content (AvgIpc) is 1.81. The first-order valence-corrected chi connectivity index (χ1v) is 4.35. The fourth-order valence-electron chi connectivity index (χ4n) is 1.02. The molecule has 0 unspecified atom stereocenters. The lowest BCUT2D eigenvalue weighted by molar-refractivity contribution is -0.127. The summed E-state index contributed by atoms with van der Waals surface area (Å²) in [5.74, 6) is -0.0675. The van der Waals surface area contributed by atoms with E-state index < -0.39 is 5.60 Å². The molecule has 0 aromatic rings. The van der Waals surface area contributed by atoms with Crippen LogP contribution in [0.15, 0.2) is 11.6 Å². The Labute approximate surface area is 80.0 Å². The molecule has 3 heteroatoms. The molecule has 0 fully saturated rings. The molecule has 0 saturated heterocycles. The highest BCUT2D eigenvalue weighted by Gasteiger charge is 2.17. The van der Waals surface area contributed by atoms with E-state index >= 15 is 0 Å². The molecule has 3 nitrogen and oxygen atoms in total. The quantitative estimate of drug-likeness (QED) is 0.671. The first-order valence-electron chi connectivity index (χ1n) is 4.35. The van der Waals surface area contributed by atoms with Gasteiger partial charge in [-0.3, -0.25) is 4.79 Å². The minimum atomic E-state index is -0.833. The molecule has 0 aliphatic rings. The number of hydrogen-bond donors (Lipinski definition) is 1. The van der Waals surface area contributed by atoms with Crippen molar-refractivity contribution in [3.05, 3.63) is 11.6 Å². The number of amides is 1. The van der Waals surface area contributed by atoms with E-state index in [-0.39, 0.29) is 5.91 Å². The van der Waals surface area contributed by atoms with E-state index in [0.29, 0.717) is 6.54 Å². The van der Waals surface area contributed by atoms with E-state index in [2.05, 4.69) is 0 Å². The van der Waals surface area contributed by atoms with Crippen molar-refractivity contribution >= 4 is 5.91 Å². The van der Waals surface area contributed by atoms with E-state index in [0.717, 1.165) is 5.57 Å². The maximum Gasteiger partial charge on any atom is 0.246 e. The third kappa shape index (κ3) is 6.34. The summed E-state index contributed by atoms with van der Waals surface area (Å²) in [4.78, 5) is 12.9. The molecule has 0 spiro atoms. The molecule has 0 aliphatic carbocycles. The maximum absolute atomic E-state index is 11.4. The van der Waals surface area contributed by atoms with Crippen LogP contribution in [0.25, 0.3) is 0 Å². The summed E-state index contributed by atoms with van der Waals surface area (Å²) >= 11 is 0. The zero-order chi connectivity index (χ0) is 10.6. The lowest BCUT2D eigenvalue weighted by Gasteiger charge is -2.24. The Hall–Kier alpha value is -0.830. The summed E-state index contributed by atoms with van der Waals surface area (Å²) in [7, 11) is 1.68. The van der Waals surface area contributed by atoms with E-state index in [1.54, 1.807) is 27.0 Å². The zero-order valence-corrected chi connectivity index (χ0v) is 9.09. The summed E-state index contributed by atoms with van der Waals surface area (Å²) in [6.07, 6.45) is 1.56. The second-order valence-electron chi connectivity index (χ2n) is 4.23. The number of carbonyl (C=O) groups is 1. The Bertz CT molecular complexity index is 209. The second-order valence-corrected chi connectivity index (χ2v) is 4.23. The topological polar surface area (TPSA) is 40.5 Å². The molecule has 0 aromatic carbocycles. The van der Waals surface area contributed by atoms with Gasteiger partial charge >= 0.3 is 0 Å². The number of hydrogen-bond acceptors (Lipinski definition) is 2. The van der Waals surface area contributed by atoms with Gasteiger partial charge in [-0.25, -0.2) is 0 Å². The van der Waals surface area contributed by atoms with Gasteiger partial charge < -0.3 is 10.0 Å². The molecular formula is C10H19NO2. The number of nitrogens with zero attached hydrogens (tertiary/aromatic N) is 1. The summed E-state index contributed by atoms with van der Waals surface area (Å²) in [6, 6.07) is 0. The number of aliphatic hydroxyl groups is 1. The highest BCUT2D eigenvalue weighted by Crippen LogP contribution is 2.04. The fraction of sp³-hybridized carbons (Fsp3) is 0.700. The van der Waals surface area contributed by atoms with Crippen molar-refractivity contribution in [2.75, 3.05) is 13.6 Å². The summed E-state index contributed by atoms with van der Waals surface area (Å²) in [6.45, 7) is 7.44. The Morgan fingerprint density at radius 2 is 1.92 bits per heavy atom. The monoisotopic (exact) mass is 185 g/mol. The summed E-state index contributed by atoms with van der Waals surface area (Å²) in [5.41, 5.74) is 0.132.